The average molecular weight is 174 g/mol. The number of aldehydes is 1. The highest BCUT2D eigenvalue weighted by Gasteiger charge is 2.33. The van der Waals surface area contributed by atoms with Crippen LogP contribution in [-0.2, 0) is 14.4 Å². The normalized spacial score (nSPS) is 14.8. The average Bonchev–Trinajstić information content (AvgIpc) is 1.99. The highest BCUT2D eigenvalue weighted by Crippen LogP contribution is 2.06. The van der Waals surface area contributed by atoms with E-state index < -0.39 is 17.4 Å². The molecule has 0 radical (unpaired) electrons. The first kappa shape index (κ1) is 10.6. The summed E-state index contributed by atoms with van der Waals surface area (Å²) in [5.41, 5.74) is 7.87. The van der Waals surface area contributed by atoms with Gasteiger partial charge in [-0.2, -0.15) is 0 Å². The molecule has 0 heterocycles. The van der Waals surface area contributed by atoms with Crippen LogP contribution >= 0.6 is 0 Å². The Bertz CT molecular complexity index is 216. The van der Waals surface area contributed by atoms with Crippen LogP contribution in [0.3, 0.4) is 0 Å². The second-order valence-corrected chi connectivity index (χ2v) is 2.43. The zero-order chi connectivity index (χ0) is 9.78. The SMILES string of the molecule is NC(=O)CC[C@@](N)(C=O)C(=O)O. The third-order valence-electron chi connectivity index (χ3n) is 1.39. The predicted molar refractivity (Wildman–Crippen MR) is 39.0 cm³/mol. The summed E-state index contributed by atoms with van der Waals surface area (Å²) in [5.74, 6) is -2.15. The van der Waals surface area contributed by atoms with E-state index in [4.69, 9.17) is 16.6 Å². The lowest BCUT2D eigenvalue weighted by Crippen LogP contribution is -2.50. The van der Waals surface area contributed by atoms with Crippen LogP contribution in [0.5, 0.6) is 0 Å². The molecule has 5 N–H and O–H groups in total. The van der Waals surface area contributed by atoms with E-state index in [-0.39, 0.29) is 19.1 Å². The molecule has 0 aliphatic heterocycles. The van der Waals surface area contributed by atoms with Gasteiger partial charge in [0.2, 0.25) is 5.91 Å². The minimum atomic E-state index is -1.99. The Kier molecular flexibility index (Phi) is 3.36. The molecule has 0 spiro atoms. The second-order valence-electron chi connectivity index (χ2n) is 2.43. The lowest BCUT2D eigenvalue weighted by molar-refractivity contribution is -0.145. The number of carbonyl (C=O) groups excluding carboxylic acids is 2. The Morgan fingerprint density at radius 2 is 2.00 bits per heavy atom. The van der Waals surface area contributed by atoms with Crippen molar-refractivity contribution in [3.05, 3.63) is 0 Å². The number of carbonyl (C=O) groups is 3. The van der Waals surface area contributed by atoms with Crippen molar-refractivity contribution in [1.29, 1.82) is 0 Å². The van der Waals surface area contributed by atoms with Gasteiger partial charge in [-0.05, 0) is 6.42 Å². The number of primary amides is 1. The van der Waals surface area contributed by atoms with Crippen molar-refractivity contribution < 1.29 is 19.5 Å². The van der Waals surface area contributed by atoms with Crippen LogP contribution in [0.15, 0.2) is 0 Å². The first-order chi connectivity index (χ1) is 5.42. The molecule has 0 saturated carbocycles. The fraction of sp³-hybridized carbons (Fsp3) is 0.500. The van der Waals surface area contributed by atoms with Crippen LogP contribution in [0, 0.1) is 0 Å². The van der Waals surface area contributed by atoms with Gasteiger partial charge in [-0.25, -0.2) is 4.79 Å². The van der Waals surface area contributed by atoms with Crippen LogP contribution < -0.4 is 11.5 Å². The highest BCUT2D eigenvalue weighted by atomic mass is 16.4. The molecule has 12 heavy (non-hydrogen) atoms. The number of rotatable bonds is 5. The number of carboxylic acid groups (broad SMARTS) is 1. The summed E-state index contributed by atoms with van der Waals surface area (Å²) in [5, 5.41) is 8.44. The van der Waals surface area contributed by atoms with E-state index in [0.29, 0.717) is 0 Å². The summed E-state index contributed by atoms with van der Waals surface area (Å²) < 4.78 is 0. The van der Waals surface area contributed by atoms with E-state index in [2.05, 4.69) is 0 Å². The molecule has 0 aromatic rings. The molecule has 0 bridgehead atoms. The van der Waals surface area contributed by atoms with Crippen molar-refractivity contribution in [1.82, 2.24) is 0 Å². The molecular formula is C6H10N2O4. The van der Waals surface area contributed by atoms with Crippen LogP contribution in [0.1, 0.15) is 12.8 Å². The summed E-state index contributed by atoms with van der Waals surface area (Å²) in [6.45, 7) is 0. The minimum Gasteiger partial charge on any atom is -0.480 e. The summed E-state index contributed by atoms with van der Waals surface area (Å²) in [7, 11) is 0. The van der Waals surface area contributed by atoms with Gasteiger partial charge in [0.15, 0.2) is 11.8 Å². The number of amides is 1. The maximum atomic E-state index is 10.4. The van der Waals surface area contributed by atoms with Gasteiger partial charge in [0, 0.05) is 6.42 Å². The third-order valence-corrected chi connectivity index (χ3v) is 1.39. The van der Waals surface area contributed by atoms with E-state index in [1.165, 1.54) is 0 Å². The molecule has 0 aliphatic carbocycles. The lowest BCUT2D eigenvalue weighted by atomic mass is 9.97. The predicted octanol–water partition coefficient (Wildman–Crippen LogP) is -1.77. The molecule has 68 valence electrons. The molecule has 0 fully saturated rings. The molecule has 6 nitrogen and oxygen atoms in total. The van der Waals surface area contributed by atoms with Crippen molar-refractivity contribution in [3.63, 3.8) is 0 Å². The summed E-state index contributed by atoms with van der Waals surface area (Å²) in [6, 6.07) is 0. The van der Waals surface area contributed by atoms with Gasteiger partial charge in [-0.3, -0.25) is 4.79 Å². The first-order valence-corrected chi connectivity index (χ1v) is 3.19. The number of aliphatic carboxylic acids is 1. The van der Waals surface area contributed by atoms with Crippen LogP contribution in [0.4, 0.5) is 0 Å². The van der Waals surface area contributed by atoms with E-state index in [9.17, 15) is 14.4 Å². The standard InChI is InChI=1S/C6H10N2O4/c7-4(10)1-2-6(8,3-9)5(11)12/h3H,1-2,8H2,(H2,7,10)(H,11,12)/t6-/m1/s1. The highest BCUT2D eigenvalue weighted by molar-refractivity contribution is 5.97. The summed E-state index contributed by atoms with van der Waals surface area (Å²) in [4.78, 5) is 30.8. The molecule has 0 saturated heterocycles. The third kappa shape index (κ3) is 2.67. The van der Waals surface area contributed by atoms with Crippen LogP contribution in [-0.4, -0.2) is 28.8 Å². The van der Waals surface area contributed by atoms with E-state index in [1.807, 2.05) is 0 Å². The maximum absolute atomic E-state index is 10.4. The van der Waals surface area contributed by atoms with Gasteiger partial charge >= 0.3 is 5.97 Å². The Morgan fingerprint density at radius 1 is 1.50 bits per heavy atom. The molecule has 0 unspecified atom stereocenters. The van der Waals surface area contributed by atoms with Crippen molar-refractivity contribution >= 4 is 18.2 Å². The number of carboxylic acids is 1. The smallest absolute Gasteiger partial charge is 0.331 e. The molecule has 6 heteroatoms. The topological polar surface area (TPSA) is 123 Å². The largest absolute Gasteiger partial charge is 0.480 e. The Labute approximate surface area is 68.5 Å². The first-order valence-electron chi connectivity index (χ1n) is 3.19. The molecular weight excluding hydrogens is 164 g/mol. The Hall–Kier alpha value is -1.43. The van der Waals surface area contributed by atoms with Crippen LogP contribution in [0.2, 0.25) is 0 Å². The summed E-state index contributed by atoms with van der Waals surface area (Å²) in [6.07, 6.45) is -0.402. The molecule has 1 atom stereocenters. The van der Waals surface area contributed by atoms with Crippen LogP contribution in [0.25, 0.3) is 0 Å². The zero-order valence-electron chi connectivity index (χ0n) is 6.32. The van der Waals surface area contributed by atoms with E-state index in [1.54, 1.807) is 0 Å². The fourth-order valence-corrected chi connectivity index (χ4v) is 0.546. The fourth-order valence-electron chi connectivity index (χ4n) is 0.546. The van der Waals surface area contributed by atoms with Gasteiger partial charge in [-0.15, -0.1) is 0 Å². The maximum Gasteiger partial charge on any atom is 0.331 e. The lowest BCUT2D eigenvalue weighted by Gasteiger charge is -2.15. The Balaban J connectivity index is 4.25. The number of hydrogen-bond acceptors (Lipinski definition) is 4. The minimum absolute atomic E-state index is 0.0955. The van der Waals surface area contributed by atoms with Gasteiger partial charge < -0.3 is 21.4 Å². The van der Waals surface area contributed by atoms with Crippen molar-refractivity contribution in [2.75, 3.05) is 0 Å². The monoisotopic (exact) mass is 174 g/mol. The van der Waals surface area contributed by atoms with Gasteiger partial charge in [-0.1, -0.05) is 0 Å². The van der Waals surface area contributed by atoms with Crippen molar-refractivity contribution in [3.8, 4) is 0 Å². The molecule has 0 aromatic heterocycles. The zero-order valence-corrected chi connectivity index (χ0v) is 6.32. The number of nitrogens with two attached hydrogens (primary N) is 2. The second kappa shape index (κ2) is 3.82. The van der Waals surface area contributed by atoms with Crippen molar-refractivity contribution in [2.24, 2.45) is 11.5 Å². The van der Waals surface area contributed by atoms with Gasteiger partial charge in [0.1, 0.15) is 0 Å². The van der Waals surface area contributed by atoms with Gasteiger partial charge in [0.05, 0.1) is 0 Å². The van der Waals surface area contributed by atoms with E-state index in [0.717, 1.165) is 0 Å². The Morgan fingerprint density at radius 3 is 2.25 bits per heavy atom. The molecule has 0 aromatic carbocycles. The molecule has 0 rings (SSSR count). The summed E-state index contributed by atoms with van der Waals surface area (Å²) >= 11 is 0. The number of hydrogen-bond donors (Lipinski definition) is 3. The van der Waals surface area contributed by atoms with Crippen molar-refractivity contribution in [2.45, 2.75) is 18.4 Å². The van der Waals surface area contributed by atoms with Gasteiger partial charge in [0.25, 0.3) is 0 Å². The molecule has 0 aliphatic rings. The quantitative estimate of drug-likeness (QED) is 0.336. The molecule has 1 amide bonds. The van der Waals surface area contributed by atoms with E-state index >= 15 is 0 Å².